The molecule has 3 aliphatic rings. The van der Waals surface area contributed by atoms with Gasteiger partial charge in [0.15, 0.2) is 6.10 Å². The molecule has 9 heteroatoms. The summed E-state index contributed by atoms with van der Waals surface area (Å²) < 4.78 is 43.7. The van der Waals surface area contributed by atoms with Gasteiger partial charge in [0, 0.05) is 30.6 Å². The molecule has 0 radical (unpaired) electrons. The SMILES string of the molecule is O=C1N=C2C=CC(c3cccc(CN4CCOC(C(F)(F)F)C4)c3Cl)C=C2N1. The van der Waals surface area contributed by atoms with Gasteiger partial charge in [-0.05, 0) is 23.3 Å². The monoisotopic (exact) mass is 411 g/mol. The summed E-state index contributed by atoms with van der Waals surface area (Å²) >= 11 is 6.60. The third-order valence-corrected chi connectivity index (χ3v) is 5.39. The lowest BCUT2D eigenvalue weighted by atomic mass is 9.91. The number of nitrogens with zero attached hydrogens (tertiary/aromatic N) is 2. The van der Waals surface area contributed by atoms with Gasteiger partial charge in [-0.15, -0.1) is 0 Å². The third kappa shape index (κ3) is 3.85. The van der Waals surface area contributed by atoms with Gasteiger partial charge in [0.2, 0.25) is 0 Å². The first-order chi connectivity index (χ1) is 13.3. The van der Waals surface area contributed by atoms with Gasteiger partial charge in [-0.2, -0.15) is 18.2 Å². The first-order valence-electron chi connectivity index (χ1n) is 8.79. The summed E-state index contributed by atoms with van der Waals surface area (Å²) in [4.78, 5) is 16.9. The van der Waals surface area contributed by atoms with Crippen LogP contribution in [-0.2, 0) is 11.3 Å². The number of halogens is 4. The summed E-state index contributed by atoms with van der Waals surface area (Å²) in [6.45, 7) is 0.523. The molecule has 2 heterocycles. The van der Waals surface area contributed by atoms with Crippen LogP contribution >= 0.6 is 11.6 Å². The highest BCUT2D eigenvalue weighted by molar-refractivity contribution is 6.32. The molecule has 5 nitrogen and oxygen atoms in total. The van der Waals surface area contributed by atoms with E-state index in [4.69, 9.17) is 16.3 Å². The Morgan fingerprint density at radius 2 is 2.18 bits per heavy atom. The second-order valence-corrected chi connectivity index (χ2v) is 7.23. The molecular weight excluding hydrogens is 395 g/mol. The number of aliphatic imine (C=N–C) groups is 1. The number of urea groups is 1. The van der Waals surface area contributed by atoms with Crippen molar-refractivity contribution >= 4 is 23.3 Å². The van der Waals surface area contributed by atoms with Crippen LogP contribution in [0.1, 0.15) is 17.0 Å². The quantitative estimate of drug-likeness (QED) is 0.823. The minimum absolute atomic E-state index is 0.0285. The first kappa shape index (κ1) is 19.2. The van der Waals surface area contributed by atoms with E-state index in [2.05, 4.69) is 10.3 Å². The lowest BCUT2D eigenvalue weighted by Gasteiger charge is -2.34. The Hall–Kier alpha value is -2.16. The number of morpholine rings is 1. The number of nitrogens with one attached hydrogen (secondary N) is 1. The van der Waals surface area contributed by atoms with Crippen LogP contribution in [0.15, 0.2) is 47.1 Å². The van der Waals surface area contributed by atoms with E-state index in [1.54, 1.807) is 11.0 Å². The molecule has 2 amide bonds. The number of allylic oxidation sites excluding steroid dienone is 3. The van der Waals surface area contributed by atoms with Crippen molar-refractivity contribution in [2.75, 3.05) is 19.7 Å². The Morgan fingerprint density at radius 3 is 2.96 bits per heavy atom. The maximum absolute atomic E-state index is 12.9. The van der Waals surface area contributed by atoms with Gasteiger partial charge in [-0.3, -0.25) is 4.90 Å². The van der Waals surface area contributed by atoms with Crippen molar-refractivity contribution in [2.24, 2.45) is 4.99 Å². The molecular formula is C19H17ClF3N3O2. The number of amides is 2. The number of carbonyl (C=O) groups excluding carboxylic acids is 1. The summed E-state index contributed by atoms with van der Waals surface area (Å²) in [5, 5.41) is 3.18. The number of ether oxygens (including phenoxy) is 1. The molecule has 1 aliphatic carbocycles. The largest absolute Gasteiger partial charge is 0.415 e. The second-order valence-electron chi connectivity index (χ2n) is 6.85. The molecule has 0 bridgehead atoms. The number of rotatable bonds is 3. The van der Waals surface area contributed by atoms with Crippen molar-refractivity contribution < 1.29 is 22.7 Å². The van der Waals surface area contributed by atoms with Gasteiger partial charge in [0.1, 0.15) is 0 Å². The lowest BCUT2D eigenvalue weighted by Crippen LogP contribution is -2.48. The van der Waals surface area contributed by atoms with Gasteiger partial charge < -0.3 is 10.1 Å². The zero-order chi connectivity index (χ0) is 19.9. The molecule has 2 unspecified atom stereocenters. The zero-order valence-electron chi connectivity index (χ0n) is 14.7. The van der Waals surface area contributed by atoms with Crippen molar-refractivity contribution in [3.63, 3.8) is 0 Å². The van der Waals surface area contributed by atoms with Crippen LogP contribution in [-0.4, -0.2) is 48.6 Å². The molecule has 28 heavy (non-hydrogen) atoms. The summed E-state index contributed by atoms with van der Waals surface area (Å²) in [6.07, 6.45) is -0.644. The Balaban J connectivity index is 1.53. The number of benzene rings is 1. The standard InChI is InChI=1S/C19H17ClF3N3O2/c20-17-12(9-26-6-7-28-16(10-26)19(21,22)23)2-1-3-13(17)11-4-5-14-15(8-11)25-18(27)24-14/h1-5,8,11,16H,6-7,9-10H2,(H,25,27). The van der Waals surface area contributed by atoms with Crippen LogP contribution in [0.3, 0.4) is 0 Å². The minimum atomic E-state index is -4.38. The summed E-state index contributed by atoms with van der Waals surface area (Å²) in [5.41, 5.74) is 2.80. The van der Waals surface area contributed by atoms with Crippen LogP contribution in [0.4, 0.5) is 18.0 Å². The molecule has 1 fully saturated rings. The number of hydrogen-bond donors (Lipinski definition) is 1. The fraction of sp³-hybridized carbons (Fsp3) is 0.368. The van der Waals surface area contributed by atoms with E-state index in [1.807, 2.05) is 30.4 Å². The number of hydrogen-bond acceptors (Lipinski definition) is 3. The average Bonchev–Trinajstić information content (AvgIpc) is 3.02. The zero-order valence-corrected chi connectivity index (χ0v) is 15.4. The number of alkyl halides is 3. The first-order valence-corrected chi connectivity index (χ1v) is 9.17. The van der Waals surface area contributed by atoms with E-state index in [1.165, 1.54) is 0 Å². The van der Waals surface area contributed by atoms with E-state index in [-0.39, 0.29) is 19.1 Å². The Bertz CT molecular complexity index is 895. The molecule has 0 spiro atoms. The van der Waals surface area contributed by atoms with E-state index < -0.39 is 18.3 Å². The van der Waals surface area contributed by atoms with E-state index in [0.29, 0.717) is 29.5 Å². The molecule has 1 saturated heterocycles. The molecule has 1 aromatic carbocycles. The summed E-state index contributed by atoms with van der Waals surface area (Å²) in [7, 11) is 0. The fourth-order valence-electron chi connectivity index (χ4n) is 3.52. The van der Waals surface area contributed by atoms with Crippen molar-refractivity contribution in [3.05, 3.63) is 58.3 Å². The highest BCUT2D eigenvalue weighted by atomic mass is 35.5. The highest BCUT2D eigenvalue weighted by Crippen LogP contribution is 2.34. The van der Waals surface area contributed by atoms with Gasteiger partial charge in [-0.25, -0.2) is 4.79 Å². The molecule has 2 atom stereocenters. The van der Waals surface area contributed by atoms with Crippen LogP contribution < -0.4 is 5.32 Å². The lowest BCUT2D eigenvalue weighted by molar-refractivity contribution is -0.237. The van der Waals surface area contributed by atoms with E-state index in [9.17, 15) is 18.0 Å². The van der Waals surface area contributed by atoms with Gasteiger partial charge in [0.05, 0.1) is 18.0 Å². The van der Waals surface area contributed by atoms with E-state index in [0.717, 1.165) is 11.1 Å². The number of carbonyl (C=O) groups is 1. The minimum Gasteiger partial charge on any atom is -0.366 e. The fourth-order valence-corrected chi connectivity index (χ4v) is 3.83. The van der Waals surface area contributed by atoms with E-state index >= 15 is 0 Å². The van der Waals surface area contributed by atoms with Crippen molar-refractivity contribution in [1.29, 1.82) is 0 Å². The second kappa shape index (κ2) is 7.35. The normalized spacial score (nSPS) is 25.2. The predicted molar refractivity (Wildman–Crippen MR) is 98.5 cm³/mol. The van der Waals surface area contributed by atoms with Crippen LogP contribution in [0.25, 0.3) is 0 Å². The topological polar surface area (TPSA) is 53.9 Å². The van der Waals surface area contributed by atoms with Gasteiger partial charge >= 0.3 is 12.2 Å². The average molecular weight is 412 g/mol. The van der Waals surface area contributed by atoms with Crippen LogP contribution in [0.2, 0.25) is 5.02 Å². The summed E-state index contributed by atoms with van der Waals surface area (Å²) in [5.74, 6) is -0.160. The summed E-state index contributed by atoms with van der Waals surface area (Å²) in [6, 6.07) is 5.11. The van der Waals surface area contributed by atoms with Crippen molar-refractivity contribution in [1.82, 2.24) is 10.2 Å². The smallest absolute Gasteiger partial charge is 0.366 e. The Kier molecular flexibility index (Phi) is 5.03. The highest BCUT2D eigenvalue weighted by Gasteiger charge is 2.43. The van der Waals surface area contributed by atoms with Crippen LogP contribution in [0.5, 0.6) is 0 Å². The third-order valence-electron chi connectivity index (χ3n) is 4.92. The molecule has 1 aromatic rings. The molecule has 0 saturated carbocycles. The molecule has 0 aromatic heterocycles. The molecule has 148 valence electrons. The molecule has 2 aliphatic heterocycles. The molecule has 4 rings (SSSR count). The van der Waals surface area contributed by atoms with Crippen molar-refractivity contribution in [2.45, 2.75) is 24.7 Å². The van der Waals surface area contributed by atoms with Crippen molar-refractivity contribution in [3.8, 4) is 0 Å². The maximum atomic E-state index is 12.9. The Morgan fingerprint density at radius 1 is 1.36 bits per heavy atom. The Labute approximate surface area is 164 Å². The van der Waals surface area contributed by atoms with Gasteiger partial charge in [-0.1, -0.05) is 35.9 Å². The maximum Gasteiger partial charge on any atom is 0.415 e. The van der Waals surface area contributed by atoms with Gasteiger partial charge in [0.25, 0.3) is 0 Å². The predicted octanol–water partition coefficient (Wildman–Crippen LogP) is 3.80. The van der Waals surface area contributed by atoms with Crippen LogP contribution in [0, 0.1) is 0 Å². The number of fused-ring (bicyclic) bond motifs is 1. The molecule has 1 N–H and O–H groups in total.